The first kappa shape index (κ1) is 27.3. The molecule has 2 rings (SSSR count). The second kappa shape index (κ2) is 14.4. The third-order valence-corrected chi connectivity index (χ3v) is 5.74. The van der Waals surface area contributed by atoms with E-state index in [4.69, 9.17) is 15.2 Å². The van der Waals surface area contributed by atoms with Gasteiger partial charge in [0.2, 0.25) is 0 Å². The molecule has 1 unspecified atom stereocenters. The van der Waals surface area contributed by atoms with Gasteiger partial charge in [0.1, 0.15) is 6.10 Å². The predicted molar refractivity (Wildman–Crippen MR) is 137 cm³/mol. The van der Waals surface area contributed by atoms with Crippen molar-refractivity contribution in [2.75, 3.05) is 13.2 Å². The molecule has 0 saturated carbocycles. The van der Waals surface area contributed by atoms with E-state index in [1.165, 1.54) is 30.4 Å². The fourth-order valence-electron chi connectivity index (χ4n) is 3.51. The maximum Gasteiger partial charge on any atom is 0.334 e. The summed E-state index contributed by atoms with van der Waals surface area (Å²) in [6.07, 6.45) is 5.42. The van der Waals surface area contributed by atoms with Crippen molar-refractivity contribution >= 4 is 11.9 Å². The van der Waals surface area contributed by atoms with Crippen LogP contribution in [0, 0.1) is 5.92 Å². The summed E-state index contributed by atoms with van der Waals surface area (Å²) in [5, 5.41) is 0. The van der Waals surface area contributed by atoms with E-state index in [9.17, 15) is 9.59 Å². The van der Waals surface area contributed by atoms with Gasteiger partial charge in [0, 0.05) is 25.0 Å². The van der Waals surface area contributed by atoms with Crippen molar-refractivity contribution in [1.29, 1.82) is 0 Å². The Hall–Kier alpha value is -2.92. The van der Waals surface area contributed by atoms with Crippen LogP contribution in [0.4, 0.5) is 0 Å². The van der Waals surface area contributed by atoms with Crippen LogP contribution < -0.4 is 5.73 Å². The minimum atomic E-state index is -0.517. The van der Waals surface area contributed by atoms with Gasteiger partial charge < -0.3 is 15.2 Å². The second-order valence-electron chi connectivity index (χ2n) is 9.00. The van der Waals surface area contributed by atoms with Crippen LogP contribution in [0.3, 0.4) is 0 Å². The Morgan fingerprint density at radius 1 is 0.941 bits per heavy atom. The number of nitrogens with two attached hydrogens (primary N) is 1. The van der Waals surface area contributed by atoms with Gasteiger partial charge in [0.15, 0.2) is 0 Å². The maximum absolute atomic E-state index is 12.2. The molecule has 0 spiro atoms. The lowest BCUT2D eigenvalue weighted by molar-refractivity contribution is -0.154. The maximum atomic E-state index is 12.2. The molecule has 0 aliphatic rings. The quantitative estimate of drug-likeness (QED) is 0.222. The molecule has 2 aromatic carbocycles. The Kier molecular flexibility index (Phi) is 11.5. The predicted octanol–water partition coefficient (Wildman–Crippen LogP) is 5.64. The second-order valence-corrected chi connectivity index (χ2v) is 9.00. The fourth-order valence-corrected chi connectivity index (χ4v) is 3.51. The summed E-state index contributed by atoms with van der Waals surface area (Å²) in [4.78, 5) is 24.0. The Morgan fingerprint density at radius 3 is 2.06 bits per heavy atom. The SMILES string of the molecule is C=C(CN)C(=O)OCCC(Cc1ccc(-c2ccc(CCCCC)cc2)cc1)OC(=O)C(C)C. The summed E-state index contributed by atoms with van der Waals surface area (Å²) in [7, 11) is 0. The van der Waals surface area contributed by atoms with Crippen molar-refractivity contribution in [2.45, 2.75) is 65.4 Å². The highest BCUT2D eigenvalue weighted by atomic mass is 16.6. The number of aryl methyl sites for hydroxylation is 1. The van der Waals surface area contributed by atoms with Crippen LogP contribution in [0.15, 0.2) is 60.7 Å². The van der Waals surface area contributed by atoms with E-state index in [1.54, 1.807) is 13.8 Å². The lowest BCUT2D eigenvalue weighted by atomic mass is 9.98. The molecule has 0 aromatic heterocycles. The first-order valence-corrected chi connectivity index (χ1v) is 12.3. The zero-order valence-corrected chi connectivity index (χ0v) is 20.8. The minimum Gasteiger partial charge on any atom is -0.462 e. The number of benzene rings is 2. The lowest BCUT2D eigenvalue weighted by Crippen LogP contribution is -2.26. The first-order valence-electron chi connectivity index (χ1n) is 12.3. The summed E-state index contributed by atoms with van der Waals surface area (Å²) in [6.45, 7) is 9.59. The van der Waals surface area contributed by atoms with Gasteiger partial charge in [-0.15, -0.1) is 0 Å². The van der Waals surface area contributed by atoms with Crippen LogP contribution >= 0.6 is 0 Å². The minimum absolute atomic E-state index is 0.0541. The molecule has 0 radical (unpaired) electrons. The van der Waals surface area contributed by atoms with Crippen LogP contribution in [0.25, 0.3) is 11.1 Å². The molecule has 2 aromatic rings. The zero-order chi connectivity index (χ0) is 24.9. The van der Waals surface area contributed by atoms with Crippen LogP contribution in [0.2, 0.25) is 0 Å². The smallest absolute Gasteiger partial charge is 0.334 e. The van der Waals surface area contributed by atoms with E-state index in [2.05, 4.69) is 62.0 Å². The van der Waals surface area contributed by atoms with Crippen LogP contribution in [0.5, 0.6) is 0 Å². The van der Waals surface area contributed by atoms with Gasteiger partial charge >= 0.3 is 11.9 Å². The molecule has 0 aliphatic carbocycles. The number of hydrogen-bond acceptors (Lipinski definition) is 5. The zero-order valence-electron chi connectivity index (χ0n) is 20.8. The average Bonchev–Trinajstić information content (AvgIpc) is 2.84. The van der Waals surface area contributed by atoms with Gasteiger partial charge in [-0.1, -0.05) is 88.7 Å². The van der Waals surface area contributed by atoms with E-state index in [0.717, 1.165) is 17.5 Å². The molecule has 2 N–H and O–H groups in total. The van der Waals surface area contributed by atoms with E-state index in [0.29, 0.717) is 12.8 Å². The number of carbonyl (C=O) groups is 2. The molecule has 5 heteroatoms. The van der Waals surface area contributed by atoms with Gasteiger partial charge in [-0.2, -0.15) is 0 Å². The number of esters is 2. The van der Waals surface area contributed by atoms with E-state index < -0.39 is 5.97 Å². The van der Waals surface area contributed by atoms with Crippen LogP contribution in [-0.4, -0.2) is 31.2 Å². The summed E-state index contributed by atoms with van der Waals surface area (Å²) in [6, 6.07) is 17.1. The Balaban J connectivity index is 2.00. The Labute approximate surface area is 204 Å². The summed E-state index contributed by atoms with van der Waals surface area (Å²) >= 11 is 0. The third-order valence-electron chi connectivity index (χ3n) is 5.74. The molecular weight excluding hydrogens is 426 g/mol. The number of ether oxygens (including phenoxy) is 2. The Morgan fingerprint density at radius 2 is 1.53 bits per heavy atom. The van der Waals surface area contributed by atoms with Gasteiger partial charge in [-0.3, -0.25) is 4.79 Å². The monoisotopic (exact) mass is 465 g/mol. The third kappa shape index (κ3) is 9.14. The molecule has 0 heterocycles. The molecule has 184 valence electrons. The Bertz CT molecular complexity index is 916. The number of rotatable bonds is 14. The van der Waals surface area contributed by atoms with E-state index in [-0.39, 0.29) is 36.7 Å². The number of hydrogen-bond donors (Lipinski definition) is 1. The lowest BCUT2D eigenvalue weighted by Gasteiger charge is -2.20. The topological polar surface area (TPSA) is 78.6 Å². The highest BCUT2D eigenvalue weighted by molar-refractivity contribution is 5.88. The van der Waals surface area contributed by atoms with Gasteiger partial charge in [-0.25, -0.2) is 4.79 Å². The average molecular weight is 466 g/mol. The molecule has 5 nitrogen and oxygen atoms in total. The highest BCUT2D eigenvalue weighted by Gasteiger charge is 2.19. The molecule has 0 bridgehead atoms. The largest absolute Gasteiger partial charge is 0.462 e. The molecule has 0 amide bonds. The first-order chi connectivity index (χ1) is 16.3. The molecule has 1 atom stereocenters. The van der Waals surface area contributed by atoms with E-state index >= 15 is 0 Å². The normalized spacial score (nSPS) is 11.8. The number of carbonyl (C=O) groups excluding carboxylic acids is 2. The molecule has 0 saturated heterocycles. The molecule has 0 fully saturated rings. The van der Waals surface area contributed by atoms with Crippen molar-refractivity contribution in [3.63, 3.8) is 0 Å². The van der Waals surface area contributed by atoms with Crippen molar-refractivity contribution in [2.24, 2.45) is 11.7 Å². The van der Waals surface area contributed by atoms with Gasteiger partial charge in [-0.05, 0) is 35.1 Å². The molecule has 0 aliphatic heterocycles. The van der Waals surface area contributed by atoms with Crippen molar-refractivity contribution in [3.8, 4) is 11.1 Å². The standard InChI is InChI=1S/C29H39NO4/c1-5-6-7-8-23-9-13-25(14-10-23)26-15-11-24(12-16-26)19-27(34-28(31)21(2)3)17-18-33-29(32)22(4)20-30/h9-16,21,27H,4-8,17-20,30H2,1-3H3. The highest BCUT2D eigenvalue weighted by Crippen LogP contribution is 2.22. The summed E-state index contributed by atoms with van der Waals surface area (Å²) in [5.74, 6) is -1.01. The van der Waals surface area contributed by atoms with Crippen LogP contribution in [-0.2, 0) is 31.9 Å². The number of unbranched alkanes of at least 4 members (excludes halogenated alkanes) is 2. The van der Waals surface area contributed by atoms with Crippen molar-refractivity contribution in [1.82, 2.24) is 0 Å². The summed E-state index contributed by atoms with van der Waals surface area (Å²) < 4.78 is 10.9. The van der Waals surface area contributed by atoms with Crippen molar-refractivity contribution < 1.29 is 19.1 Å². The van der Waals surface area contributed by atoms with E-state index in [1.807, 2.05) is 0 Å². The fraction of sp³-hybridized carbons (Fsp3) is 0.448. The van der Waals surface area contributed by atoms with Gasteiger partial charge in [0.25, 0.3) is 0 Å². The molecular formula is C29H39NO4. The summed E-state index contributed by atoms with van der Waals surface area (Å²) in [5.41, 5.74) is 10.4. The van der Waals surface area contributed by atoms with Crippen molar-refractivity contribution in [3.05, 3.63) is 71.8 Å². The van der Waals surface area contributed by atoms with Crippen LogP contribution in [0.1, 0.15) is 57.6 Å². The molecule has 34 heavy (non-hydrogen) atoms. The van der Waals surface area contributed by atoms with Gasteiger partial charge in [0.05, 0.1) is 12.5 Å².